The highest BCUT2D eigenvalue weighted by atomic mass is 19.1. The number of hydrogen-bond acceptors (Lipinski definition) is 1. The minimum Gasteiger partial charge on any atom is -0.513 e. The quantitative estimate of drug-likeness (QED) is 0.670. The zero-order valence-corrected chi connectivity index (χ0v) is 6.97. The first kappa shape index (κ1) is 8.78. The Balaban J connectivity index is 2.89. The van der Waals surface area contributed by atoms with E-state index in [0.717, 1.165) is 5.56 Å². The molecular formula is C10H11FO. The third-order valence-corrected chi connectivity index (χ3v) is 1.64. The highest BCUT2D eigenvalue weighted by Crippen LogP contribution is 2.11. The number of halogens is 1. The van der Waals surface area contributed by atoms with Crippen molar-refractivity contribution in [3.05, 3.63) is 47.5 Å². The van der Waals surface area contributed by atoms with E-state index >= 15 is 0 Å². The van der Waals surface area contributed by atoms with Crippen molar-refractivity contribution in [2.24, 2.45) is 0 Å². The summed E-state index contributed by atoms with van der Waals surface area (Å²) in [6, 6.07) is 4.88. The van der Waals surface area contributed by atoms with Crippen LogP contribution in [-0.4, -0.2) is 5.11 Å². The molecule has 1 aromatic carbocycles. The summed E-state index contributed by atoms with van der Waals surface area (Å²) in [6.45, 7) is 5.04. The molecule has 1 aromatic rings. The van der Waals surface area contributed by atoms with Gasteiger partial charge >= 0.3 is 0 Å². The maximum atomic E-state index is 12.9. The molecule has 0 aliphatic rings. The number of aryl methyl sites for hydroxylation is 1. The van der Waals surface area contributed by atoms with Gasteiger partial charge in [0.25, 0.3) is 0 Å². The van der Waals surface area contributed by atoms with E-state index in [2.05, 4.69) is 6.58 Å². The molecule has 0 aliphatic carbocycles. The molecule has 0 atom stereocenters. The lowest BCUT2D eigenvalue weighted by molar-refractivity contribution is 0.401. The van der Waals surface area contributed by atoms with Gasteiger partial charge in [0.05, 0.1) is 5.76 Å². The Bertz CT molecular complexity index is 305. The fraction of sp³-hybridized carbons (Fsp3) is 0.200. The van der Waals surface area contributed by atoms with Crippen LogP contribution in [0, 0.1) is 12.7 Å². The van der Waals surface area contributed by atoms with Crippen LogP contribution in [0.5, 0.6) is 0 Å². The molecule has 0 aromatic heterocycles. The van der Waals surface area contributed by atoms with Crippen molar-refractivity contribution in [2.75, 3.05) is 0 Å². The largest absolute Gasteiger partial charge is 0.513 e. The molecule has 0 spiro atoms. The standard InChI is InChI=1S/C10H11FO/c1-7-3-4-9(5-8(2)12)6-10(7)11/h3-4,6,12H,2,5H2,1H3. The average Bonchev–Trinajstić information content (AvgIpc) is 1.96. The molecule has 0 fully saturated rings. The van der Waals surface area contributed by atoms with E-state index in [1.165, 1.54) is 6.07 Å². The van der Waals surface area contributed by atoms with E-state index in [1.54, 1.807) is 19.1 Å². The number of allylic oxidation sites excluding steroid dienone is 1. The second-order valence-corrected chi connectivity index (χ2v) is 2.83. The fourth-order valence-corrected chi connectivity index (χ4v) is 0.982. The summed E-state index contributed by atoms with van der Waals surface area (Å²) in [5.41, 5.74) is 1.35. The number of aliphatic hydroxyl groups is 1. The second kappa shape index (κ2) is 3.39. The van der Waals surface area contributed by atoms with Crippen LogP contribution < -0.4 is 0 Å². The van der Waals surface area contributed by atoms with Crippen molar-refractivity contribution in [3.8, 4) is 0 Å². The molecular weight excluding hydrogens is 155 g/mol. The molecule has 0 heterocycles. The molecule has 64 valence electrons. The lowest BCUT2D eigenvalue weighted by Gasteiger charge is -2.01. The van der Waals surface area contributed by atoms with E-state index < -0.39 is 0 Å². The van der Waals surface area contributed by atoms with E-state index in [-0.39, 0.29) is 11.6 Å². The summed E-state index contributed by atoms with van der Waals surface area (Å²) < 4.78 is 12.9. The topological polar surface area (TPSA) is 20.2 Å². The molecule has 1 rings (SSSR count). The molecule has 0 saturated carbocycles. The first-order chi connectivity index (χ1) is 5.59. The third-order valence-electron chi connectivity index (χ3n) is 1.64. The van der Waals surface area contributed by atoms with E-state index in [4.69, 9.17) is 5.11 Å². The van der Waals surface area contributed by atoms with E-state index in [1.807, 2.05) is 0 Å². The summed E-state index contributed by atoms with van der Waals surface area (Å²) >= 11 is 0. The Hall–Kier alpha value is -1.31. The predicted octanol–water partition coefficient (Wildman–Crippen LogP) is 2.75. The van der Waals surface area contributed by atoms with Gasteiger partial charge in [0.15, 0.2) is 0 Å². The predicted molar refractivity (Wildman–Crippen MR) is 46.6 cm³/mol. The summed E-state index contributed by atoms with van der Waals surface area (Å²) in [7, 11) is 0. The van der Waals surface area contributed by atoms with Crippen LogP contribution in [0.25, 0.3) is 0 Å². The Morgan fingerprint density at radius 1 is 1.58 bits per heavy atom. The maximum Gasteiger partial charge on any atom is 0.126 e. The Labute approximate surface area is 71.2 Å². The Kier molecular flexibility index (Phi) is 2.48. The molecule has 0 radical (unpaired) electrons. The Morgan fingerprint density at radius 2 is 2.25 bits per heavy atom. The van der Waals surface area contributed by atoms with Crippen molar-refractivity contribution < 1.29 is 9.50 Å². The minimum atomic E-state index is -0.242. The monoisotopic (exact) mass is 166 g/mol. The van der Waals surface area contributed by atoms with Crippen LogP contribution in [0.15, 0.2) is 30.5 Å². The van der Waals surface area contributed by atoms with Crippen LogP contribution in [0.2, 0.25) is 0 Å². The van der Waals surface area contributed by atoms with Crippen molar-refractivity contribution in [1.29, 1.82) is 0 Å². The van der Waals surface area contributed by atoms with Crippen molar-refractivity contribution in [1.82, 2.24) is 0 Å². The van der Waals surface area contributed by atoms with Crippen molar-refractivity contribution in [3.63, 3.8) is 0 Å². The van der Waals surface area contributed by atoms with Crippen LogP contribution in [0.4, 0.5) is 4.39 Å². The van der Waals surface area contributed by atoms with E-state index in [0.29, 0.717) is 12.0 Å². The van der Waals surface area contributed by atoms with Crippen molar-refractivity contribution in [2.45, 2.75) is 13.3 Å². The van der Waals surface area contributed by atoms with Gasteiger partial charge in [-0.1, -0.05) is 18.7 Å². The second-order valence-electron chi connectivity index (χ2n) is 2.83. The molecule has 0 aliphatic heterocycles. The van der Waals surface area contributed by atoms with E-state index in [9.17, 15) is 4.39 Å². The lowest BCUT2D eigenvalue weighted by Crippen LogP contribution is -1.90. The van der Waals surface area contributed by atoms with Gasteiger partial charge in [0.1, 0.15) is 5.82 Å². The first-order valence-corrected chi connectivity index (χ1v) is 3.71. The van der Waals surface area contributed by atoms with Crippen molar-refractivity contribution >= 4 is 0 Å². The van der Waals surface area contributed by atoms with Gasteiger partial charge in [-0.25, -0.2) is 4.39 Å². The molecule has 12 heavy (non-hydrogen) atoms. The SMILES string of the molecule is C=C(O)Cc1ccc(C)c(F)c1. The number of benzene rings is 1. The third kappa shape index (κ3) is 2.09. The fourth-order valence-electron chi connectivity index (χ4n) is 0.982. The van der Waals surface area contributed by atoms with Gasteiger partial charge in [-0.05, 0) is 24.1 Å². The number of rotatable bonds is 2. The van der Waals surface area contributed by atoms with Crippen LogP contribution >= 0.6 is 0 Å². The van der Waals surface area contributed by atoms with Gasteiger partial charge in [-0.15, -0.1) is 0 Å². The number of hydrogen-bond donors (Lipinski definition) is 1. The molecule has 0 bridgehead atoms. The van der Waals surface area contributed by atoms with Crippen LogP contribution in [-0.2, 0) is 6.42 Å². The van der Waals surface area contributed by atoms with Gasteiger partial charge in [0.2, 0.25) is 0 Å². The number of aliphatic hydroxyl groups excluding tert-OH is 1. The van der Waals surface area contributed by atoms with Gasteiger partial charge < -0.3 is 5.11 Å². The van der Waals surface area contributed by atoms with Gasteiger partial charge in [0, 0.05) is 6.42 Å². The smallest absolute Gasteiger partial charge is 0.126 e. The minimum absolute atomic E-state index is 0.0539. The summed E-state index contributed by atoms with van der Waals surface area (Å²) in [5, 5.41) is 8.85. The maximum absolute atomic E-state index is 12.9. The molecule has 1 nitrogen and oxygen atoms in total. The van der Waals surface area contributed by atoms with Crippen LogP contribution in [0.3, 0.4) is 0 Å². The normalized spacial score (nSPS) is 9.83. The summed E-state index contributed by atoms with van der Waals surface area (Å²) in [5.74, 6) is -0.188. The van der Waals surface area contributed by atoms with Gasteiger partial charge in [-0.2, -0.15) is 0 Å². The molecule has 2 heteroatoms. The summed E-state index contributed by atoms with van der Waals surface area (Å²) in [6.07, 6.45) is 0.317. The average molecular weight is 166 g/mol. The molecule has 0 amide bonds. The highest BCUT2D eigenvalue weighted by Gasteiger charge is 1.99. The molecule has 0 unspecified atom stereocenters. The van der Waals surface area contributed by atoms with Gasteiger partial charge in [-0.3, -0.25) is 0 Å². The summed E-state index contributed by atoms with van der Waals surface area (Å²) in [4.78, 5) is 0. The van der Waals surface area contributed by atoms with Crippen LogP contribution in [0.1, 0.15) is 11.1 Å². The molecule has 1 N–H and O–H groups in total. The Morgan fingerprint density at radius 3 is 2.75 bits per heavy atom. The lowest BCUT2D eigenvalue weighted by atomic mass is 10.1. The zero-order valence-electron chi connectivity index (χ0n) is 6.97. The zero-order chi connectivity index (χ0) is 9.14. The molecule has 0 saturated heterocycles. The highest BCUT2D eigenvalue weighted by molar-refractivity contribution is 5.25. The first-order valence-electron chi connectivity index (χ1n) is 3.71.